The van der Waals surface area contributed by atoms with Crippen molar-refractivity contribution in [3.63, 3.8) is 0 Å². The molecule has 12 heteroatoms. The molecule has 0 saturated heterocycles. The van der Waals surface area contributed by atoms with Crippen molar-refractivity contribution in [3.8, 4) is 5.75 Å². The van der Waals surface area contributed by atoms with E-state index in [2.05, 4.69) is 15.5 Å². The average Bonchev–Trinajstić information content (AvgIpc) is 3.14. The maximum atomic E-state index is 13.6. The molecule has 2 heterocycles. The Morgan fingerprint density at radius 1 is 1.22 bits per heavy atom. The van der Waals surface area contributed by atoms with E-state index in [9.17, 15) is 22.0 Å². The second kappa shape index (κ2) is 8.20. The number of nitrogens with zero attached hydrogens (tertiary/aromatic N) is 2. The molecule has 0 fully saturated rings. The molecule has 0 aliphatic carbocycles. The predicted molar refractivity (Wildman–Crippen MR) is 112 cm³/mol. The van der Waals surface area contributed by atoms with Crippen LogP contribution in [0.3, 0.4) is 0 Å². The number of sulfonamides is 1. The molecular weight excluding hydrogens is 444 g/mol. The number of fused-ring (bicyclic) bond motifs is 1. The van der Waals surface area contributed by atoms with Crippen molar-refractivity contribution in [1.29, 1.82) is 0 Å². The van der Waals surface area contributed by atoms with E-state index in [-0.39, 0.29) is 36.6 Å². The second-order valence-electron chi connectivity index (χ2n) is 7.13. The van der Waals surface area contributed by atoms with Crippen molar-refractivity contribution in [1.82, 2.24) is 14.5 Å². The number of halogens is 2. The van der Waals surface area contributed by atoms with Gasteiger partial charge in [0.25, 0.3) is 5.91 Å². The number of methoxy groups -OCH3 is 1. The fourth-order valence-electron chi connectivity index (χ4n) is 3.45. The molecule has 0 saturated carbocycles. The van der Waals surface area contributed by atoms with E-state index in [1.165, 1.54) is 19.2 Å². The molecule has 4 rings (SSSR count). The van der Waals surface area contributed by atoms with E-state index in [0.29, 0.717) is 23.1 Å². The number of hydrogen-bond acceptors (Lipinski definition) is 6. The minimum atomic E-state index is -4.17. The molecule has 2 aromatic carbocycles. The normalized spacial score (nSPS) is 14.1. The molecule has 32 heavy (non-hydrogen) atoms. The molecule has 0 spiro atoms. The van der Waals surface area contributed by atoms with Crippen molar-refractivity contribution < 1.29 is 26.7 Å². The summed E-state index contributed by atoms with van der Waals surface area (Å²) < 4.78 is 59.1. The standard InChI is InChI=1S/C20H19F2N5O4S/c1-31-13-2-3-15(17(23)9-13)20(28)24-19-16-10-27(5-4-18(16)25-26-19)32(29,30)14-7-11(21)6-12(22)8-14/h2-3,6-9H,4-5,10,23H2,1H3,(H2,24,25,26,28). The predicted octanol–water partition coefficient (Wildman–Crippen LogP) is 2.28. The first-order valence-electron chi connectivity index (χ1n) is 9.46. The average molecular weight is 463 g/mol. The number of rotatable bonds is 5. The summed E-state index contributed by atoms with van der Waals surface area (Å²) >= 11 is 0. The Balaban J connectivity index is 1.58. The van der Waals surface area contributed by atoms with Crippen LogP contribution >= 0.6 is 0 Å². The third kappa shape index (κ3) is 4.01. The van der Waals surface area contributed by atoms with Gasteiger partial charge in [0.1, 0.15) is 17.4 Å². The van der Waals surface area contributed by atoms with Gasteiger partial charge in [-0.1, -0.05) is 0 Å². The lowest BCUT2D eigenvalue weighted by molar-refractivity contribution is 0.102. The van der Waals surface area contributed by atoms with Crippen LogP contribution < -0.4 is 15.8 Å². The number of nitrogen functional groups attached to an aromatic ring is 1. The number of aromatic amines is 1. The van der Waals surface area contributed by atoms with Crippen LogP contribution in [0.15, 0.2) is 41.3 Å². The first-order valence-corrected chi connectivity index (χ1v) is 10.9. The number of benzene rings is 2. The maximum absolute atomic E-state index is 13.6. The number of hydrogen-bond donors (Lipinski definition) is 3. The molecular formula is C20H19F2N5O4S. The minimum absolute atomic E-state index is 0.0779. The molecule has 4 N–H and O–H groups in total. The van der Waals surface area contributed by atoms with Gasteiger partial charge in [-0.2, -0.15) is 9.40 Å². The van der Waals surface area contributed by atoms with Gasteiger partial charge in [-0.3, -0.25) is 9.89 Å². The van der Waals surface area contributed by atoms with Crippen LogP contribution in [0.1, 0.15) is 21.6 Å². The Labute approximate surface area is 182 Å². The Hall–Kier alpha value is -3.51. The minimum Gasteiger partial charge on any atom is -0.497 e. The third-order valence-electron chi connectivity index (χ3n) is 5.11. The van der Waals surface area contributed by atoms with Crippen LogP contribution in [0, 0.1) is 11.6 Å². The summed E-state index contributed by atoms with van der Waals surface area (Å²) in [5.41, 5.74) is 7.41. The third-order valence-corrected chi connectivity index (χ3v) is 6.93. The number of ether oxygens (including phenoxy) is 1. The molecule has 0 atom stereocenters. The molecule has 1 aliphatic rings. The van der Waals surface area contributed by atoms with Gasteiger partial charge < -0.3 is 15.8 Å². The molecule has 9 nitrogen and oxygen atoms in total. The number of anilines is 2. The monoisotopic (exact) mass is 463 g/mol. The lowest BCUT2D eigenvalue weighted by atomic mass is 10.1. The summed E-state index contributed by atoms with van der Waals surface area (Å²) in [5, 5.41) is 9.50. The van der Waals surface area contributed by atoms with Gasteiger partial charge in [-0.05, 0) is 24.3 Å². The number of amides is 1. The van der Waals surface area contributed by atoms with Gasteiger partial charge >= 0.3 is 0 Å². The summed E-state index contributed by atoms with van der Waals surface area (Å²) in [6, 6.07) is 6.70. The SMILES string of the molecule is COc1ccc(C(=O)Nc2n[nH]c3c2CN(S(=O)(=O)c2cc(F)cc(F)c2)CC3)c(N)c1. The van der Waals surface area contributed by atoms with Gasteiger partial charge in [0.05, 0.1) is 17.6 Å². The maximum Gasteiger partial charge on any atom is 0.258 e. The lowest BCUT2D eigenvalue weighted by Crippen LogP contribution is -2.36. The van der Waals surface area contributed by atoms with Crippen LogP contribution in [0.2, 0.25) is 0 Å². The lowest BCUT2D eigenvalue weighted by Gasteiger charge is -2.26. The molecule has 0 bridgehead atoms. The number of carbonyl (C=O) groups is 1. The highest BCUT2D eigenvalue weighted by Gasteiger charge is 2.32. The number of aromatic nitrogens is 2. The van der Waals surface area contributed by atoms with Gasteiger partial charge in [0.2, 0.25) is 10.0 Å². The fraction of sp³-hybridized carbons (Fsp3) is 0.200. The zero-order valence-electron chi connectivity index (χ0n) is 16.9. The van der Waals surface area contributed by atoms with Crippen LogP contribution in [-0.4, -0.2) is 42.5 Å². The van der Waals surface area contributed by atoms with Gasteiger partial charge in [-0.25, -0.2) is 17.2 Å². The van der Waals surface area contributed by atoms with E-state index in [1.54, 1.807) is 6.07 Å². The Morgan fingerprint density at radius 3 is 2.59 bits per heavy atom. The zero-order valence-corrected chi connectivity index (χ0v) is 17.7. The molecule has 1 aliphatic heterocycles. The molecule has 1 amide bonds. The summed E-state index contributed by atoms with van der Waals surface area (Å²) in [6.45, 7) is -0.0610. The Kier molecular flexibility index (Phi) is 5.57. The fourth-order valence-corrected chi connectivity index (χ4v) is 4.91. The molecule has 1 aromatic heterocycles. The van der Waals surface area contributed by atoms with Crippen molar-refractivity contribution in [3.05, 3.63) is 64.9 Å². The quantitative estimate of drug-likeness (QED) is 0.498. The summed E-state index contributed by atoms with van der Waals surface area (Å²) in [4.78, 5) is 12.2. The summed E-state index contributed by atoms with van der Waals surface area (Å²) in [6.07, 6.45) is 0.278. The molecule has 0 unspecified atom stereocenters. The second-order valence-corrected chi connectivity index (χ2v) is 9.07. The highest BCUT2D eigenvalue weighted by atomic mass is 32.2. The van der Waals surface area contributed by atoms with Crippen LogP contribution in [-0.2, 0) is 23.0 Å². The molecule has 168 valence electrons. The van der Waals surface area contributed by atoms with E-state index in [1.807, 2.05) is 0 Å². The van der Waals surface area contributed by atoms with Gasteiger partial charge in [0, 0.05) is 48.6 Å². The van der Waals surface area contributed by atoms with Crippen molar-refractivity contribution in [2.24, 2.45) is 0 Å². The Morgan fingerprint density at radius 2 is 1.94 bits per heavy atom. The summed E-state index contributed by atoms with van der Waals surface area (Å²) in [5.74, 6) is -1.88. The molecule has 3 aromatic rings. The van der Waals surface area contributed by atoms with E-state index < -0.39 is 32.5 Å². The highest BCUT2D eigenvalue weighted by Crippen LogP contribution is 2.29. The van der Waals surface area contributed by atoms with E-state index in [0.717, 1.165) is 16.4 Å². The van der Waals surface area contributed by atoms with E-state index >= 15 is 0 Å². The smallest absolute Gasteiger partial charge is 0.258 e. The first kappa shape index (κ1) is 21.7. The number of nitrogens with two attached hydrogens (primary N) is 1. The van der Waals surface area contributed by atoms with Crippen LogP contribution in [0.5, 0.6) is 5.75 Å². The van der Waals surface area contributed by atoms with E-state index in [4.69, 9.17) is 10.5 Å². The van der Waals surface area contributed by atoms with Crippen LogP contribution in [0.25, 0.3) is 0 Å². The van der Waals surface area contributed by atoms with Crippen LogP contribution in [0.4, 0.5) is 20.3 Å². The topological polar surface area (TPSA) is 130 Å². The number of nitrogens with one attached hydrogen (secondary N) is 2. The molecule has 0 radical (unpaired) electrons. The van der Waals surface area contributed by atoms with Gasteiger partial charge in [0.15, 0.2) is 5.82 Å². The Bertz CT molecular complexity index is 1290. The highest BCUT2D eigenvalue weighted by molar-refractivity contribution is 7.89. The van der Waals surface area contributed by atoms with Gasteiger partial charge in [-0.15, -0.1) is 0 Å². The zero-order chi connectivity index (χ0) is 23.0. The number of H-pyrrole nitrogens is 1. The largest absolute Gasteiger partial charge is 0.497 e. The van der Waals surface area contributed by atoms with Crippen molar-refractivity contribution >= 4 is 27.4 Å². The first-order chi connectivity index (χ1) is 15.2. The summed E-state index contributed by atoms with van der Waals surface area (Å²) in [7, 11) is -2.70. The van der Waals surface area contributed by atoms with Crippen molar-refractivity contribution in [2.75, 3.05) is 24.7 Å². The van der Waals surface area contributed by atoms with Crippen molar-refractivity contribution in [2.45, 2.75) is 17.9 Å². The number of carbonyl (C=O) groups excluding carboxylic acids is 1.